The minimum atomic E-state index is -0.00222. The highest BCUT2D eigenvalue weighted by Gasteiger charge is 2.53. The van der Waals surface area contributed by atoms with E-state index in [-0.39, 0.29) is 11.5 Å². The monoisotopic (exact) mass is 382 g/mol. The number of aryl methyl sites for hydroxylation is 1. The predicted octanol–water partition coefficient (Wildman–Crippen LogP) is 5.57. The van der Waals surface area contributed by atoms with Crippen molar-refractivity contribution in [3.05, 3.63) is 34.9 Å². The first-order valence-corrected chi connectivity index (χ1v) is 11.4. The molecular weight excluding hydrogens is 344 g/mol. The molecule has 0 bridgehead atoms. The maximum atomic E-state index is 6.13. The van der Waals surface area contributed by atoms with Crippen LogP contribution in [0, 0.1) is 11.3 Å². The first kappa shape index (κ1) is 19.9. The number of oxime groups is 1. The van der Waals surface area contributed by atoms with E-state index in [0.717, 1.165) is 32.4 Å². The fourth-order valence-corrected chi connectivity index (χ4v) is 6.05. The molecule has 0 spiro atoms. The Morgan fingerprint density at radius 3 is 2.54 bits per heavy atom. The van der Waals surface area contributed by atoms with Gasteiger partial charge in [-0.05, 0) is 92.5 Å². The van der Waals surface area contributed by atoms with Crippen LogP contribution in [0.25, 0.3) is 0 Å². The zero-order valence-corrected chi connectivity index (χ0v) is 18.5. The Bertz CT molecular complexity index is 745. The van der Waals surface area contributed by atoms with E-state index in [1.165, 1.54) is 41.7 Å². The van der Waals surface area contributed by atoms with Gasteiger partial charge in [0.2, 0.25) is 0 Å². The molecular formula is C25H38N2O. The van der Waals surface area contributed by atoms with E-state index in [0.29, 0.717) is 17.3 Å². The van der Waals surface area contributed by atoms with E-state index in [1.54, 1.807) is 0 Å². The van der Waals surface area contributed by atoms with Crippen molar-refractivity contribution in [2.45, 2.75) is 90.6 Å². The molecule has 2 fully saturated rings. The summed E-state index contributed by atoms with van der Waals surface area (Å²) in [6.07, 6.45) is 7.12. The van der Waals surface area contributed by atoms with Crippen LogP contribution in [-0.2, 0) is 16.7 Å². The molecule has 154 valence electrons. The molecule has 1 aromatic rings. The van der Waals surface area contributed by atoms with Gasteiger partial charge in [-0.1, -0.05) is 51.0 Å². The van der Waals surface area contributed by atoms with Crippen LogP contribution in [0.4, 0.5) is 0 Å². The summed E-state index contributed by atoms with van der Waals surface area (Å²) in [5.74, 6) is 1.21. The van der Waals surface area contributed by atoms with Crippen molar-refractivity contribution in [2.24, 2.45) is 16.5 Å². The van der Waals surface area contributed by atoms with Crippen molar-refractivity contribution in [3.8, 4) is 0 Å². The largest absolute Gasteiger partial charge is 0.392 e. The van der Waals surface area contributed by atoms with Crippen molar-refractivity contribution < 1.29 is 4.84 Å². The zero-order valence-electron chi connectivity index (χ0n) is 18.5. The summed E-state index contributed by atoms with van der Waals surface area (Å²) in [5, 5.41) is 8.29. The fourth-order valence-electron chi connectivity index (χ4n) is 6.05. The maximum absolute atomic E-state index is 6.13. The lowest BCUT2D eigenvalue weighted by molar-refractivity contribution is 0.0302. The molecule has 1 unspecified atom stereocenters. The van der Waals surface area contributed by atoms with Gasteiger partial charge in [-0.3, -0.25) is 0 Å². The average molecular weight is 383 g/mol. The Labute approximate surface area is 171 Å². The summed E-state index contributed by atoms with van der Waals surface area (Å²) in [6.45, 7) is 14.1. The molecule has 1 heterocycles. The highest BCUT2D eigenvalue weighted by atomic mass is 16.6. The van der Waals surface area contributed by atoms with E-state index in [4.69, 9.17) is 9.99 Å². The van der Waals surface area contributed by atoms with Crippen LogP contribution in [-0.4, -0.2) is 24.9 Å². The second-order valence-corrected chi connectivity index (χ2v) is 10.4. The number of nitrogens with zero attached hydrogens (tertiary/aromatic N) is 1. The minimum absolute atomic E-state index is 0.00222. The lowest BCUT2D eigenvalue weighted by atomic mass is 9.49. The summed E-state index contributed by atoms with van der Waals surface area (Å²) in [6, 6.07) is 7.23. The van der Waals surface area contributed by atoms with Gasteiger partial charge in [0.05, 0.1) is 5.71 Å². The van der Waals surface area contributed by atoms with Crippen LogP contribution in [0.1, 0.15) is 89.3 Å². The van der Waals surface area contributed by atoms with E-state index >= 15 is 0 Å². The van der Waals surface area contributed by atoms with Gasteiger partial charge in [-0.25, -0.2) is 0 Å². The molecule has 1 saturated carbocycles. The normalized spacial score (nSPS) is 31.5. The first-order chi connectivity index (χ1) is 13.3. The average Bonchev–Trinajstić information content (AvgIpc) is 2.67. The van der Waals surface area contributed by atoms with Crippen molar-refractivity contribution in [1.29, 1.82) is 0 Å². The molecule has 3 nitrogen and oxygen atoms in total. The standard InChI is InChI=1S/C25H38N2O/c1-17(2)18-6-8-21-19(16-18)7-9-22-24(3,4)13-10-23(25(21,22)5)27-28-20-11-14-26-15-12-20/h6,8,16-17,20,22,26H,7,9-15H2,1-5H3/t22?,25-/m1/s1. The third-order valence-electron chi connectivity index (χ3n) is 7.90. The molecule has 1 aliphatic heterocycles. The smallest absolute Gasteiger partial charge is 0.130 e. The van der Waals surface area contributed by atoms with Gasteiger partial charge in [0.15, 0.2) is 0 Å². The second-order valence-electron chi connectivity index (χ2n) is 10.4. The summed E-state index contributed by atoms with van der Waals surface area (Å²) in [4.78, 5) is 6.13. The minimum Gasteiger partial charge on any atom is -0.392 e. The summed E-state index contributed by atoms with van der Waals surface area (Å²) < 4.78 is 0. The Morgan fingerprint density at radius 1 is 1.07 bits per heavy atom. The number of fused-ring (bicyclic) bond motifs is 3. The highest BCUT2D eigenvalue weighted by Crippen LogP contribution is 2.56. The van der Waals surface area contributed by atoms with Crippen molar-refractivity contribution >= 4 is 5.71 Å². The van der Waals surface area contributed by atoms with Gasteiger partial charge in [0, 0.05) is 5.41 Å². The molecule has 0 aromatic heterocycles. The number of hydrogen-bond acceptors (Lipinski definition) is 3. The zero-order chi connectivity index (χ0) is 19.9. The van der Waals surface area contributed by atoms with Crippen LogP contribution >= 0.6 is 0 Å². The first-order valence-electron chi connectivity index (χ1n) is 11.4. The third kappa shape index (κ3) is 3.40. The topological polar surface area (TPSA) is 33.6 Å². The highest BCUT2D eigenvalue weighted by molar-refractivity contribution is 5.96. The number of nitrogens with one attached hydrogen (secondary N) is 1. The molecule has 1 N–H and O–H groups in total. The van der Waals surface area contributed by atoms with Gasteiger partial charge in [-0.15, -0.1) is 0 Å². The summed E-state index contributed by atoms with van der Waals surface area (Å²) >= 11 is 0. The van der Waals surface area contributed by atoms with Crippen LogP contribution in [0.5, 0.6) is 0 Å². The van der Waals surface area contributed by atoms with Crippen molar-refractivity contribution in [2.75, 3.05) is 13.1 Å². The SMILES string of the molecule is CC(C)c1ccc2c(c1)CCC1C(C)(C)CCC(=NOC3CCNCC3)[C@]21C. The molecule has 2 aliphatic carbocycles. The number of piperidine rings is 1. The van der Waals surface area contributed by atoms with Gasteiger partial charge in [-0.2, -0.15) is 0 Å². The van der Waals surface area contributed by atoms with Crippen molar-refractivity contribution in [3.63, 3.8) is 0 Å². The fraction of sp³-hybridized carbons (Fsp3) is 0.720. The van der Waals surface area contributed by atoms with E-state index < -0.39 is 0 Å². The summed E-state index contributed by atoms with van der Waals surface area (Å²) in [7, 11) is 0. The Balaban J connectivity index is 1.72. The molecule has 1 saturated heterocycles. The van der Waals surface area contributed by atoms with Crippen LogP contribution in [0.2, 0.25) is 0 Å². The molecule has 3 aliphatic rings. The molecule has 0 radical (unpaired) electrons. The van der Waals surface area contributed by atoms with Gasteiger partial charge >= 0.3 is 0 Å². The number of rotatable bonds is 3. The van der Waals surface area contributed by atoms with E-state index in [9.17, 15) is 0 Å². The molecule has 2 atom stereocenters. The molecule has 0 amide bonds. The Hall–Kier alpha value is -1.35. The Kier molecular flexibility index (Phi) is 5.33. The van der Waals surface area contributed by atoms with Crippen LogP contribution in [0.3, 0.4) is 0 Å². The van der Waals surface area contributed by atoms with Crippen LogP contribution in [0.15, 0.2) is 23.4 Å². The van der Waals surface area contributed by atoms with Crippen molar-refractivity contribution in [1.82, 2.24) is 5.32 Å². The summed E-state index contributed by atoms with van der Waals surface area (Å²) in [5.41, 5.74) is 6.13. The van der Waals surface area contributed by atoms with E-state index in [1.807, 2.05) is 0 Å². The lowest BCUT2D eigenvalue weighted by Gasteiger charge is -2.54. The van der Waals surface area contributed by atoms with Crippen LogP contribution < -0.4 is 5.32 Å². The molecule has 28 heavy (non-hydrogen) atoms. The predicted molar refractivity (Wildman–Crippen MR) is 117 cm³/mol. The number of hydrogen-bond donors (Lipinski definition) is 1. The molecule has 4 rings (SSSR count). The van der Waals surface area contributed by atoms with Gasteiger partial charge in [0.25, 0.3) is 0 Å². The molecule has 1 aromatic carbocycles. The quantitative estimate of drug-likeness (QED) is 0.693. The second kappa shape index (κ2) is 7.48. The maximum Gasteiger partial charge on any atom is 0.130 e. The lowest BCUT2D eigenvalue weighted by Crippen LogP contribution is -2.53. The molecule has 3 heteroatoms. The number of benzene rings is 1. The van der Waals surface area contributed by atoms with Gasteiger partial charge < -0.3 is 10.2 Å². The van der Waals surface area contributed by atoms with E-state index in [2.05, 4.69) is 58.1 Å². The van der Waals surface area contributed by atoms with Gasteiger partial charge in [0.1, 0.15) is 6.10 Å². The Morgan fingerprint density at radius 2 is 1.82 bits per heavy atom. The third-order valence-corrected chi connectivity index (χ3v) is 7.90.